The molecule has 0 aromatic carbocycles. The Balaban J connectivity index is 0. The van der Waals surface area contributed by atoms with Crippen molar-refractivity contribution in [2.45, 2.75) is 0 Å². The molecule has 0 heterocycles. The molecule has 0 aromatic rings. The molecule has 65 valence electrons. The Kier molecular flexibility index (Phi) is 11400. The molecule has 0 spiro atoms. The van der Waals surface area contributed by atoms with Gasteiger partial charge in [-0.25, -0.2) is 0 Å². The second kappa shape index (κ2) is 251. The molecule has 0 amide bonds. The van der Waals surface area contributed by atoms with Gasteiger partial charge in [-0.15, -0.1) is 12.4 Å². The maximum Gasteiger partial charge on any atom is 0 e. The zero-order valence-electron chi connectivity index (χ0n) is 3.74. The topological polar surface area (TPSA) is 189 Å². The Morgan fingerprint density at radius 3 is 0.375 bits per heavy atom. The van der Waals surface area contributed by atoms with Crippen molar-refractivity contribution in [1.29, 1.82) is 0 Å². The third-order valence-corrected chi connectivity index (χ3v) is 0. The van der Waals surface area contributed by atoms with E-state index >= 15 is 0 Å². The molecule has 0 aromatic heterocycles. The van der Waals surface area contributed by atoms with Crippen LogP contribution in [0.5, 0.6) is 0 Å². The van der Waals surface area contributed by atoms with E-state index in [0.717, 1.165) is 0 Å². The van der Waals surface area contributed by atoms with E-state index < -0.39 is 0 Å². The minimum Gasteiger partial charge on any atom is -0.412 e. The van der Waals surface area contributed by atoms with Gasteiger partial charge in [-0.05, 0) is 0 Å². The monoisotopic (exact) mass is 303 g/mol. The van der Waals surface area contributed by atoms with Gasteiger partial charge in [0.05, 0.1) is 0 Å². The third-order valence-electron chi connectivity index (χ3n) is 0. The van der Waals surface area contributed by atoms with Crippen LogP contribution in [0, 0.1) is 38.6 Å². The number of halogens is 1. The van der Waals surface area contributed by atoms with E-state index in [4.69, 9.17) is 0 Å². The fourth-order valence-electron chi connectivity index (χ4n) is 0. The molecular weight excluding hydrogens is 290 g/mol. The Labute approximate surface area is 83.3 Å². The molecule has 0 unspecified atom stereocenters. The van der Waals surface area contributed by atoms with Crippen LogP contribution in [-0.4, -0.2) is 32.9 Å². The van der Waals surface area contributed by atoms with E-state index in [2.05, 4.69) is 0 Å². The maximum atomic E-state index is 0. The quantitative estimate of drug-likeness (QED) is 0.417. The van der Waals surface area contributed by atoms with Gasteiger partial charge in [0, 0.05) is 38.6 Å². The summed E-state index contributed by atoms with van der Waals surface area (Å²) in [6, 6.07) is 0. The first-order valence-corrected chi connectivity index (χ1v) is 0. The van der Waals surface area contributed by atoms with Crippen molar-refractivity contribution in [2.75, 3.05) is 0 Å². The molecule has 0 aliphatic carbocycles. The Morgan fingerprint density at radius 1 is 0.375 bits per heavy atom. The van der Waals surface area contributed by atoms with Crippen molar-refractivity contribution in [2.24, 2.45) is 0 Å². The average Bonchev–Trinajstić information content (AvgIpc) is 0. The minimum atomic E-state index is 0. The molecule has 12 N–H and O–H groups in total. The van der Waals surface area contributed by atoms with E-state index in [1.54, 1.807) is 0 Å². The van der Waals surface area contributed by atoms with Crippen molar-refractivity contribution in [3.63, 3.8) is 0 Å². The van der Waals surface area contributed by atoms with Crippen LogP contribution >= 0.6 is 12.4 Å². The van der Waals surface area contributed by atoms with Crippen LogP contribution in [0.1, 0.15) is 0 Å². The molecule has 0 aliphatic heterocycles. The van der Waals surface area contributed by atoms with Crippen LogP contribution in [-0.2, 0) is 0 Å². The van der Waals surface area contributed by atoms with Crippen LogP contribution in [0.25, 0.3) is 0 Å². The molecule has 0 bridgehead atoms. The van der Waals surface area contributed by atoms with Crippen molar-refractivity contribution in [1.82, 2.24) is 0 Å². The third kappa shape index (κ3) is 165. The van der Waals surface area contributed by atoms with Crippen LogP contribution in [0.3, 0.4) is 0 Å². The van der Waals surface area contributed by atoms with Gasteiger partial charge in [-0.3, -0.25) is 0 Å². The van der Waals surface area contributed by atoms with E-state index in [1.165, 1.54) is 0 Å². The standard InChI is InChI=1S/ClH.6H2O.Tb/h1H;6*1H2;. The van der Waals surface area contributed by atoms with E-state index in [9.17, 15) is 0 Å². The van der Waals surface area contributed by atoms with Crippen LogP contribution in [0.2, 0.25) is 0 Å². The van der Waals surface area contributed by atoms with Crippen LogP contribution in [0.4, 0.5) is 0 Å². The van der Waals surface area contributed by atoms with Crippen molar-refractivity contribution in [3.05, 3.63) is 0 Å². The Bertz CT molecular complexity index is 8.49. The minimum absolute atomic E-state index is 0. The molecular formula is H13ClO6Tb. The first kappa shape index (κ1) is 364. The van der Waals surface area contributed by atoms with Gasteiger partial charge in [-0.1, -0.05) is 0 Å². The normalized spacial score (nSPS) is 0. The molecule has 8 heteroatoms. The van der Waals surface area contributed by atoms with Gasteiger partial charge in [0.15, 0.2) is 0 Å². The molecule has 0 saturated carbocycles. The molecule has 0 rings (SSSR count). The summed E-state index contributed by atoms with van der Waals surface area (Å²) in [6.45, 7) is 0. The average molecular weight is 303 g/mol. The van der Waals surface area contributed by atoms with Gasteiger partial charge in [0.25, 0.3) is 0 Å². The Morgan fingerprint density at radius 2 is 0.375 bits per heavy atom. The van der Waals surface area contributed by atoms with Crippen molar-refractivity contribution >= 4 is 12.4 Å². The van der Waals surface area contributed by atoms with Gasteiger partial charge < -0.3 is 32.9 Å². The predicted molar refractivity (Wildman–Crippen MR) is 28.9 cm³/mol. The number of rotatable bonds is 0. The molecule has 6 nitrogen and oxygen atoms in total. The molecule has 8 heavy (non-hydrogen) atoms. The Hall–Kier alpha value is 1.34. The largest absolute Gasteiger partial charge is 0.412 e. The summed E-state index contributed by atoms with van der Waals surface area (Å²) in [7, 11) is 0. The summed E-state index contributed by atoms with van der Waals surface area (Å²) in [5.41, 5.74) is 0. The molecule has 1 radical (unpaired) electrons. The van der Waals surface area contributed by atoms with E-state index in [1.807, 2.05) is 0 Å². The van der Waals surface area contributed by atoms with Gasteiger partial charge in [0.1, 0.15) is 0 Å². The summed E-state index contributed by atoms with van der Waals surface area (Å²) < 4.78 is 0. The van der Waals surface area contributed by atoms with E-state index in [0.29, 0.717) is 0 Å². The predicted octanol–water partition coefficient (Wildman–Crippen LogP) is -4.53. The number of hydrogen-bond donors (Lipinski definition) is 0. The molecule has 0 fully saturated rings. The summed E-state index contributed by atoms with van der Waals surface area (Å²) in [6.07, 6.45) is 0. The molecule has 0 saturated heterocycles. The smallest absolute Gasteiger partial charge is 0 e. The van der Waals surface area contributed by atoms with Gasteiger partial charge >= 0.3 is 0 Å². The fourth-order valence-corrected chi connectivity index (χ4v) is 0. The first-order valence-electron chi connectivity index (χ1n) is 0. The van der Waals surface area contributed by atoms with Crippen molar-refractivity contribution < 1.29 is 71.5 Å². The second-order valence-corrected chi connectivity index (χ2v) is 0. The first-order chi connectivity index (χ1) is 0. The zero-order valence-corrected chi connectivity index (χ0v) is 6.70. The van der Waals surface area contributed by atoms with Crippen molar-refractivity contribution in [3.8, 4) is 0 Å². The SMILES string of the molecule is Cl.O.O.O.O.O.O.[Tb]. The zero-order chi connectivity index (χ0) is 0. The maximum absolute atomic E-state index is 0. The second-order valence-electron chi connectivity index (χ2n) is 0. The fraction of sp³-hybridized carbons (Fsp3) is 0. The summed E-state index contributed by atoms with van der Waals surface area (Å²) in [5.74, 6) is 0. The van der Waals surface area contributed by atoms with Gasteiger partial charge in [-0.2, -0.15) is 0 Å². The molecule has 0 aliphatic rings. The summed E-state index contributed by atoms with van der Waals surface area (Å²) >= 11 is 0. The van der Waals surface area contributed by atoms with Gasteiger partial charge in [0.2, 0.25) is 0 Å². The molecule has 0 atom stereocenters. The summed E-state index contributed by atoms with van der Waals surface area (Å²) in [5, 5.41) is 0. The number of hydrogen-bond acceptors (Lipinski definition) is 0. The van der Waals surface area contributed by atoms with E-state index in [-0.39, 0.29) is 83.9 Å². The van der Waals surface area contributed by atoms with Crippen LogP contribution < -0.4 is 0 Å². The van der Waals surface area contributed by atoms with Crippen LogP contribution in [0.15, 0.2) is 0 Å². The summed E-state index contributed by atoms with van der Waals surface area (Å²) in [4.78, 5) is 0.